The van der Waals surface area contributed by atoms with Crippen LogP contribution in [0, 0.1) is 0 Å². The quantitative estimate of drug-likeness (QED) is 0.750. The standard InChI is InChI=1S/C14H27NO2/c1-2-3-11-13(14(16)17)15-12-9-7-5-4-6-8-10-12/h12-13,15H,2-11H2,1H3,(H,16,17)/t13-/m0/s1. The number of carbonyl (C=O) groups is 1. The summed E-state index contributed by atoms with van der Waals surface area (Å²) in [4.78, 5) is 11.2. The first-order valence-corrected chi connectivity index (χ1v) is 7.23. The van der Waals surface area contributed by atoms with Gasteiger partial charge in [-0.1, -0.05) is 51.9 Å². The van der Waals surface area contributed by atoms with Crippen LogP contribution in [-0.4, -0.2) is 23.2 Å². The van der Waals surface area contributed by atoms with Crippen molar-refractivity contribution in [2.24, 2.45) is 0 Å². The SMILES string of the molecule is CCCC[C@H](NC1CCCCCCC1)C(=O)O. The highest BCUT2D eigenvalue weighted by Crippen LogP contribution is 2.18. The predicted octanol–water partition coefficient (Wildman–Crippen LogP) is 3.33. The molecule has 0 bridgehead atoms. The molecule has 2 N–H and O–H groups in total. The van der Waals surface area contributed by atoms with E-state index in [1.165, 1.54) is 32.1 Å². The summed E-state index contributed by atoms with van der Waals surface area (Å²) in [5, 5.41) is 12.6. The first kappa shape index (κ1) is 14.5. The molecule has 0 aromatic carbocycles. The van der Waals surface area contributed by atoms with E-state index in [1.807, 2.05) is 0 Å². The third kappa shape index (κ3) is 6.06. The van der Waals surface area contributed by atoms with Crippen molar-refractivity contribution in [2.45, 2.75) is 83.2 Å². The second kappa shape index (κ2) is 8.51. The summed E-state index contributed by atoms with van der Waals surface area (Å²) in [6.45, 7) is 2.11. The average molecular weight is 241 g/mol. The Hall–Kier alpha value is -0.570. The lowest BCUT2D eigenvalue weighted by molar-refractivity contribution is -0.140. The van der Waals surface area contributed by atoms with Crippen LogP contribution in [-0.2, 0) is 4.79 Å². The molecule has 0 amide bonds. The molecule has 0 aromatic rings. The van der Waals surface area contributed by atoms with Gasteiger partial charge in [-0.3, -0.25) is 4.79 Å². The molecule has 100 valence electrons. The molecule has 1 aliphatic carbocycles. The van der Waals surface area contributed by atoms with E-state index in [0.717, 1.165) is 32.1 Å². The zero-order valence-corrected chi connectivity index (χ0v) is 11.1. The largest absolute Gasteiger partial charge is 0.480 e. The molecule has 0 spiro atoms. The maximum Gasteiger partial charge on any atom is 0.320 e. The number of unbranched alkanes of at least 4 members (excludes halogenated alkanes) is 1. The number of aliphatic carboxylic acids is 1. The summed E-state index contributed by atoms with van der Waals surface area (Å²) in [5.74, 6) is -0.680. The van der Waals surface area contributed by atoms with Crippen molar-refractivity contribution in [3.05, 3.63) is 0 Å². The normalized spacial score (nSPS) is 20.5. The van der Waals surface area contributed by atoms with Gasteiger partial charge in [0.05, 0.1) is 0 Å². The van der Waals surface area contributed by atoms with Crippen LogP contribution in [0.4, 0.5) is 0 Å². The van der Waals surface area contributed by atoms with Crippen LogP contribution in [0.3, 0.4) is 0 Å². The van der Waals surface area contributed by atoms with Crippen molar-refractivity contribution in [1.82, 2.24) is 5.32 Å². The fourth-order valence-corrected chi connectivity index (χ4v) is 2.59. The maximum absolute atomic E-state index is 11.2. The van der Waals surface area contributed by atoms with Crippen molar-refractivity contribution < 1.29 is 9.90 Å². The molecule has 0 radical (unpaired) electrons. The topological polar surface area (TPSA) is 49.3 Å². The van der Waals surface area contributed by atoms with Crippen LogP contribution in [0.15, 0.2) is 0 Å². The van der Waals surface area contributed by atoms with Gasteiger partial charge < -0.3 is 10.4 Å². The van der Waals surface area contributed by atoms with E-state index in [0.29, 0.717) is 6.04 Å². The number of hydrogen-bond donors (Lipinski definition) is 2. The minimum absolute atomic E-state index is 0.334. The molecule has 0 saturated heterocycles. The zero-order chi connectivity index (χ0) is 12.5. The van der Waals surface area contributed by atoms with E-state index in [4.69, 9.17) is 0 Å². The first-order valence-electron chi connectivity index (χ1n) is 7.23. The number of carboxylic acid groups (broad SMARTS) is 1. The third-order valence-corrected chi connectivity index (χ3v) is 3.69. The minimum Gasteiger partial charge on any atom is -0.480 e. The van der Waals surface area contributed by atoms with E-state index >= 15 is 0 Å². The summed E-state index contributed by atoms with van der Waals surface area (Å²) in [7, 11) is 0. The van der Waals surface area contributed by atoms with Gasteiger partial charge in [0.15, 0.2) is 0 Å². The van der Waals surface area contributed by atoms with Gasteiger partial charge in [0.25, 0.3) is 0 Å². The van der Waals surface area contributed by atoms with Crippen molar-refractivity contribution in [2.75, 3.05) is 0 Å². The molecule has 1 rings (SSSR count). The highest BCUT2D eigenvalue weighted by Gasteiger charge is 2.21. The van der Waals surface area contributed by atoms with Crippen molar-refractivity contribution >= 4 is 5.97 Å². The summed E-state index contributed by atoms with van der Waals surface area (Å²) in [5.41, 5.74) is 0. The summed E-state index contributed by atoms with van der Waals surface area (Å²) in [6, 6.07) is 0.0904. The first-order chi connectivity index (χ1) is 8.24. The Kier molecular flexibility index (Phi) is 7.25. The molecule has 0 aliphatic heterocycles. The van der Waals surface area contributed by atoms with E-state index < -0.39 is 5.97 Å². The zero-order valence-electron chi connectivity index (χ0n) is 11.1. The van der Waals surface area contributed by atoms with Crippen LogP contribution >= 0.6 is 0 Å². The summed E-state index contributed by atoms with van der Waals surface area (Å²) in [6.07, 6.45) is 11.6. The lowest BCUT2D eigenvalue weighted by atomic mass is 9.95. The van der Waals surface area contributed by atoms with Crippen LogP contribution in [0.1, 0.15) is 71.1 Å². The molecule has 1 fully saturated rings. The molecule has 0 unspecified atom stereocenters. The predicted molar refractivity (Wildman–Crippen MR) is 70.2 cm³/mol. The van der Waals surface area contributed by atoms with Gasteiger partial charge in [-0.15, -0.1) is 0 Å². The monoisotopic (exact) mass is 241 g/mol. The molecule has 17 heavy (non-hydrogen) atoms. The van der Waals surface area contributed by atoms with E-state index in [9.17, 15) is 9.90 Å². The van der Waals surface area contributed by atoms with Crippen molar-refractivity contribution in [3.8, 4) is 0 Å². The van der Waals surface area contributed by atoms with Crippen LogP contribution < -0.4 is 5.32 Å². The average Bonchev–Trinajstić information content (AvgIpc) is 2.26. The molecule has 0 aromatic heterocycles. The minimum atomic E-state index is -0.680. The molecule has 1 aliphatic rings. The van der Waals surface area contributed by atoms with E-state index in [-0.39, 0.29) is 6.04 Å². The fraction of sp³-hybridized carbons (Fsp3) is 0.929. The molecule has 1 saturated carbocycles. The Labute approximate surface area is 105 Å². The van der Waals surface area contributed by atoms with Gasteiger partial charge in [-0.25, -0.2) is 0 Å². The molecule has 1 atom stereocenters. The van der Waals surface area contributed by atoms with Gasteiger partial charge in [0.1, 0.15) is 6.04 Å². The number of carboxylic acids is 1. The second-order valence-corrected chi connectivity index (χ2v) is 5.24. The number of hydrogen-bond acceptors (Lipinski definition) is 2. The Bertz CT molecular complexity index is 210. The van der Waals surface area contributed by atoms with Crippen molar-refractivity contribution in [3.63, 3.8) is 0 Å². The maximum atomic E-state index is 11.2. The lowest BCUT2D eigenvalue weighted by Gasteiger charge is -2.25. The van der Waals surface area contributed by atoms with Gasteiger partial charge in [0.2, 0.25) is 0 Å². The van der Waals surface area contributed by atoms with Crippen LogP contribution in [0.5, 0.6) is 0 Å². The number of nitrogens with one attached hydrogen (secondary N) is 1. The smallest absolute Gasteiger partial charge is 0.320 e. The molecule has 3 heteroatoms. The van der Waals surface area contributed by atoms with Gasteiger partial charge in [-0.2, -0.15) is 0 Å². The fourth-order valence-electron chi connectivity index (χ4n) is 2.59. The van der Waals surface area contributed by atoms with E-state index in [1.54, 1.807) is 0 Å². The molecular formula is C14H27NO2. The summed E-state index contributed by atoms with van der Waals surface area (Å²) >= 11 is 0. The summed E-state index contributed by atoms with van der Waals surface area (Å²) < 4.78 is 0. The van der Waals surface area contributed by atoms with Gasteiger partial charge >= 0.3 is 5.97 Å². The van der Waals surface area contributed by atoms with Gasteiger partial charge in [0, 0.05) is 6.04 Å². The highest BCUT2D eigenvalue weighted by molar-refractivity contribution is 5.73. The second-order valence-electron chi connectivity index (χ2n) is 5.24. The van der Waals surface area contributed by atoms with Crippen molar-refractivity contribution in [1.29, 1.82) is 0 Å². The lowest BCUT2D eigenvalue weighted by Crippen LogP contribution is -2.43. The van der Waals surface area contributed by atoms with E-state index in [2.05, 4.69) is 12.2 Å². The molecule has 0 heterocycles. The Balaban J connectivity index is 2.37. The Morgan fingerprint density at radius 1 is 1.24 bits per heavy atom. The van der Waals surface area contributed by atoms with Crippen LogP contribution in [0.2, 0.25) is 0 Å². The third-order valence-electron chi connectivity index (χ3n) is 3.69. The Morgan fingerprint density at radius 3 is 2.35 bits per heavy atom. The highest BCUT2D eigenvalue weighted by atomic mass is 16.4. The molecular weight excluding hydrogens is 214 g/mol. The van der Waals surface area contributed by atoms with Gasteiger partial charge in [-0.05, 0) is 19.3 Å². The van der Waals surface area contributed by atoms with Crippen LogP contribution in [0.25, 0.3) is 0 Å². The number of rotatable bonds is 6. The molecule has 3 nitrogen and oxygen atoms in total. The Morgan fingerprint density at radius 2 is 1.82 bits per heavy atom.